The largest absolute Gasteiger partial charge is 0.402 e. The van der Waals surface area contributed by atoms with Crippen molar-refractivity contribution in [3.05, 3.63) is 89.4 Å². The molecule has 4 aliphatic rings. The fraction of sp³-hybridized carbons (Fsp3) is 0.345. The van der Waals surface area contributed by atoms with Crippen molar-refractivity contribution in [2.24, 2.45) is 23.2 Å². The molecule has 0 amide bonds. The maximum Gasteiger partial charge on any atom is 0.323 e. The van der Waals surface area contributed by atoms with E-state index in [9.17, 15) is 4.79 Å². The molecule has 3 aromatic carbocycles. The molecule has 3 aromatic rings. The number of hydrogen-bond donors (Lipinski definition) is 0. The van der Waals surface area contributed by atoms with Crippen LogP contribution in [0.15, 0.2) is 104 Å². The summed E-state index contributed by atoms with van der Waals surface area (Å²) in [6.07, 6.45) is 6.98. The first-order valence-corrected chi connectivity index (χ1v) is 14.4. The van der Waals surface area contributed by atoms with Crippen LogP contribution < -0.4 is 0 Å². The zero-order valence-electron chi connectivity index (χ0n) is 18.7. The third kappa shape index (κ3) is 3.66. The molecule has 2 nitrogen and oxygen atoms in total. The third-order valence-electron chi connectivity index (χ3n) is 7.97. The van der Waals surface area contributed by atoms with Crippen LogP contribution in [-0.4, -0.2) is 5.97 Å². The van der Waals surface area contributed by atoms with Gasteiger partial charge < -0.3 is 4.18 Å². The second kappa shape index (κ2) is 8.32. The average Bonchev–Trinajstić information content (AvgIpc) is 2.83. The van der Waals surface area contributed by atoms with Crippen molar-refractivity contribution in [3.8, 4) is 0 Å². The first-order valence-electron chi connectivity index (χ1n) is 12.0. The fourth-order valence-corrected chi connectivity index (χ4v) is 10.3. The molecule has 4 aliphatic carbocycles. The molecule has 4 bridgehead atoms. The Bertz CT molecular complexity index is 1070. The fourth-order valence-electron chi connectivity index (χ4n) is 6.97. The van der Waals surface area contributed by atoms with E-state index in [4.69, 9.17) is 4.18 Å². The average molecular weight is 522 g/mol. The van der Waals surface area contributed by atoms with Crippen LogP contribution in [0.25, 0.3) is 0 Å². The van der Waals surface area contributed by atoms with Crippen LogP contribution in [0, 0.1) is 23.2 Å². The number of carbonyl (C=O) groups is 1. The number of rotatable bonds is 5. The van der Waals surface area contributed by atoms with Crippen molar-refractivity contribution in [2.45, 2.75) is 53.2 Å². The van der Waals surface area contributed by atoms with Gasteiger partial charge in [0.05, 0.1) is 5.41 Å². The maximum absolute atomic E-state index is 14.3. The summed E-state index contributed by atoms with van der Waals surface area (Å²) < 4.78 is 7.97. The normalized spacial score (nSPS) is 28.5. The highest BCUT2D eigenvalue weighted by molar-refractivity contribution is 9.10. The Morgan fingerprint density at radius 2 is 1.12 bits per heavy atom. The molecule has 0 atom stereocenters. The molecule has 0 spiro atoms. The lowest BCUT2D eigenvalue weighted by atomic mass is 9.49. The molecule has 0 aromatic heterocycles. The first-order chi connectivity index (χ1) is 16.1. The van der Waals surface area contributed by atoms with Crippen molar-refractivity contribution < 1.29 is 8.98 Å². The van der Waals surface area contributed by atoms with Gasteiger partial charge in [0.2, 0.25) is 0 Å². The molecule has 0 N–H and O–H groups in total. The van der Waals surface area contributed by atoms with E-state index >= 15 is 0 Å². The van der Waals surface area contributed by atoms with Crippen LogP contribution in [0.5, 0.6) is 0 Å². The Balaban J connectivity index is 1.50. The van der Waals surface area contributed by atoms with Gasteiger partial charge in [-0.25, -0.2) is 0 Å². The summed E-state index contributed by atoms with van der Waals surface area (Å²) in [7, 11) is -2.21. The van der Waals surface area contributed by atoms with Gasteiger partial charge in [-0.3, -0.25) is 4.79 Å². The molecular formula is C29H29BrO2S. The quantitative estimate of drug-likeness (QED) is 0.337. The summed E-state index contributed by atoms with van der Waals surface area (Å²) >= 11 is 3.58. The van der Waals surface area contributed by atoms with Gasteiger partial charge >= 0.3 is 5.97 Å². The van der Waals surface area contributed by atoms with Crippen molar-refractivity contribution in [1.29, 1.82) is 0 Å². The zero-order chi connectivity index (χ0) is 22.5. The van der Waals surface area contributed by atoms with Gasteiger partial charge in [-0.1, -0.05) is 52.3 Å². The molecule has 0 radical (unpaired) electrons. The SMILES string of the molecule is O=C(OS(c1ccccc1)(c1ccccc1)c1ccc(Br)cc1)C12CC3CC(CC(C3)C1)C2. The van der Waals surface area contributed by atoms with Crippen molar-refractivity contribution >= 4 is 32.2 Å². The van der Waals surface area contributed by atoms with Crippen LogP contribution in [0.3, 0.4) is 0 Å². The summed E-state index contributed by atoms with van der Waals surface area (Å²) in [5, 5.41) is 0. The van der Waals surface area contributed by atoms with E-state index in [1.165, 1.54) is 19.3 Å². The van der Waals surface area contributed by atoms with Crippen LogP contribution in [0.4, 0.5) is 0 Å². The van der Waals surface area contributed by atoms with Crippen LogP contribution in [0.1, 0.15) is 38.5 Å². The van der Waals surface area contributed by atoms with E-state index in [0.29, 0.717) is 17.8 Å². The van der Waals surface area contributed by atoms with E-state index < -0.39 is 10.3 Å². The van der Waals surface area contributed by atoms with Gasteiger partial charge in [-0.2, -0.15) is 0 Å². The molecule has 4 fully saturated rings. The predicted molar refractivity (Wildman–Crippen MR) is 136 cm³/mol. The van der Waals surface area contributed by atoms with E-state index in [2.05, 4.69) is 88.7 Å². The Morgan fingerprint density at radius 1 is 0.697 bits per heavy atom. The van der Waals surface area contributed by atoms with Crippen LogP contribution >= 0.6 is 26.2 Å². The minimum atomic E-state index is -2.21. The highest BCUT2D eigenvalue weighted by atomic mass is 79.9. The van der Waals surface area contributed by atoms with Crippen LogP contribution in [-0.2, 0) is 8.98 Å². The van der Waals surface area contributed by atoms with Gasteiger partial charge in [0.25, 0.3) is 0 Å². The van der Waals surface area contributed by atoms with Crippen molar-refractivity contribution in [1.82, 2.24) is 0 Å². The topological polar surface area (TPSA) is 26.3 Å². The number of halogens is 1. The highest BCUT2D eigenvalue weighted by Gasteiger charge is 2.56. The number of carbonyl (C=O) groups excluding carboxylic acids is 1. The Hall–Kier alpha value is -2.04. The van der Waals surface area contributed by atoms with Crippen molar-refractivity contribution in [3.63, 3.8) is 0 Å². The second-order valence-electron chi connectivity index (χ2n) is 10.2. The molecular weight excluding hydrogens is 492 g/mol. The van der Waals surface area contributed by atoms with Crippen LogP contribution in [0.2, 0.25) is 0 Å². The molecule has 170 valence electrons. The Labute approximate surface area is 206 Å². The molecule has 0 unspecified atom stereocenters. The van der Waals surface area contributed by atoms with E-state index in [0.717, 1.165) is 38.4 Å². The standard InChI is InChI=1S/C29H29BrO2S/c30-24-11-13-27(14-12-24)33(25-7-3-1-4-8-25,26-9-5-2-6-10-26)32-28(31)29-18-21-15-22(19-29)17-23(16-21)20-29/h1-14,21-23H,15-20H2. The lowest BCUT2D eigenvalue weighted by Gasteiger charge is -2.56. The summed E-state index contributed by atoms with van der Waals surface area (Å²) in [6.45, 7) is 0. The van der Waals surface area contributed by atoms with Gasteiger partial charge in [0.15, 0.2) is 0 Å². The van der Waals surface area contributed by atoms with E-state index in [1.54, 1.807) is 0 Å². The van der Waals surface area contributed by atoms with Gasteiger partial charge in [0, 0.05) is 19.2 Å². The summed E-state index contributed by atoms with van der Waals surface area (Å²) in [6, 6.07) is 29.1. The molecule has 7 rings (SSSR count). The van der Waals surface area contributed by atoms with E-state index in [-0.39, 0.29) is 11.4 Å². The lowest BCUT2D eigenvalue weighted by Crippen LogP contribution is -2.50. The predicted octanol–water partition coefficient (Wildman–Crippen LogP) is 8.41. The van der Waals surface area contributed by atoms with E-state index in [1.807, 2.05) is 12.1 Å². The third-order valence-corrected chi connectivity index (χ3v) is 11.7. The molecule has 4 heteroatoms. The zero-order valence-corrected chi connectivity index (χ0v) is 21.1. The lowest BCUT2D eigenvalue weighted by molar-refractivity contribution is -0.160. The molecule has 0 saturated heterocycles. The minimum Gasteiger partial charge on any atom is -0.402 e. The molecule has 4 saturated carbocycles. The smallest absolute Gasteiger partial charge is 0.323 e. The second-order valence-corrected chi connectivity index (χ2v) is 13.8. The minimum absolute atomic E-state index is 0.0345. The first kappa shape index (κ1) is 21.5. The summed E-state index contributed by atoms with van der Waals surface area (Å²) in [5.74, 6) is 2.14. The maximum atomic E-state index is 14.3. The van der Waals surface area contributed by atoms with Gasteiger partial charge in [0.1, 0.15) is 0 Å². The van der Waals surface area contributed by atoms with Crippen molar-refractivity contribution in [2.75, 3.05) is 0 Å². The Kier molecular flexibility index (Phi) is 5.42. The summed E-state index contributed by atoms with van der Waals surface area (Å²) in [4.78, 5) is 17.5. The Morgan fingerprint density at radius 3 is 1.58 bits per heavy atom. The monoisotopic (exact) mass is 520 g/mol. The molecule has 0 aliphatic heterocycles. The van der Waals surface area contributed by atoms with Gasteiger partial charge in [-0.05, 0) is 115 Å². The number of benzene rings is 3. The molecule has 0 heterocycles. The summed E-state index contributed by atoms with van der Waals surface area (Å²) in [5.41, 5.74) is -0.300. The number of hydrogen-bond acceptors (Lipinski definition) is 2. The van der Waals surface area contributed by atoms with Gasteiger partial charge in [-0.15, -0.1) is 0 Å². The highest BCUT2D eigenvalue weighted by Crippen LogP contribution is 2.71. The molecule has 33 heavy (non-hydrogen) atoms.